The van der Waals surface area contributed by atoms with Gasteiger partial charge in [-0.1, -0.05) is 0 Å². The molecule has 98 valence electrons. The second-order valence-corrected chi connectivity index (χ2v) is 4.39. The fraction of sp³-hybridized carbons (Fsp3) is 0.583. The van der Waals surface area contributed by atoms with Crippen LogP contribution in [-0.2, 0) is 9.53 Å². The molecule has 0 bridgehead atoms. The van der Waals surface area contributed by atoms with Crippen molar-refractivity contribution in [3.05, 3.63) is 18.0 Å². The summed E-state index contributed by atoms with van der Waals surface area (Å²) in [5.41, 5.74) is 0.364. The zero-order chi connectivity index (χ0) is 13.1. The lowest BCUT2D eigenvalue weighted by Gasteiger charge is -2.11. The molecule has 1 aromatic rings. The molecule has 1 aliphatic rings. The Morgan fingerprint density at radius 2 is 2.33 bits per heavy atom. The van der Waals surface area contributed by atoms with Gasteiger partial charge in [-0.05, 0) is 26.7 Å². The Kier molecular flexibility index (Phi) is 3.64. The Morgan fingerprint density at radius 1 is 1.61 bits per heavy atom. The van der Waals surface area contributed by atoms with Gasteiger partial charge in [-0.25, -0.2) is 4.79 Å². The Morgan fingerprint density at radius 3 is 2.94 bits per heavy atom. The Hall–Kier alpha value is -1.85. The van der Waals surface area contributed by atoms with E-state index in [1.807, 2.05) is 0 Å². The van der Waals surface area contributed by atoms with Crippen molar-refractivity contribution in [3.8, 4) is 0 Å². The molecule has 6 heteroatoms. The fourth-order valence-electron chi connectivity index (χ4n) is 1.54. The van der Waals surface area contributed by atoms with Gasteiger partial charge in [-0.3, -0.25) is 9.48 Å². The Bertz CT molecular complexity index is 451. The van der Waals surface area contributed by atoms with Crippen molar-refractivity contribution >= 4 is 11.9 Å². The number of carbonyl (C=O) groups excluding carboxylic acids is 2. The van der Waals surface area contributed by atoms with Crippen LogP contribution >= 0.6 is 0 Å². The number of carbonyl (C=O) groups is 2. The van der Waals surface area contributed by atoms with Crippen LogP contribution in [-0.4, -0.2) is 34.3 Å². The maximum absolute atomic E-state index is 11.8. The summed E-state index contributed by atoms with van der Waals surface area (Å²) in [4.78, 5) is 23.3. The van der Waals surface area contributed by atoms with E-state index < -0.39 is 12.0 Å². The molecule has 1 aliphatic carbocycles. The van der Waals surface area contributed by atoms with E-state index >= 15 is 0 Å². The summed E-state index contributed by atoms with van der Waals surface area (Å²) in [7, 11) is 0. The molecule has 1 heterocycles. The van der Waals surface area contributed by atoms with E-state index in [9.17, 15) is 9.59 Å². The smallest absolute Gasteiger partial charge is 0.341 e. The molecule has 1 aromatic heterocycles. The number of amides is 1. The highest BCUT2D eigenvalue weighted by Gasteiger charge is 2.26. The highest BCUT2D eigenvalue weighted by atomic mass is 16.5. The van der Waals surface area contributed by atoms with Crippen molar-refractivity contribution in [1.82, 2.24) is 15.1 Å². The predicted molar refractivity (Wildman–Crippen MR) is 64.1 cm³/mol. The summed E-state index contributed by atoms with van der Waals surface area (Å²) in [6.07, 6.45) is 5.05. The van der Waals surface area contributed by atoms with Gasteiger partial charge >= 0.3 is 5.97 Å². The third-order valence-electron chi connectivity index (χ3n) is 2.81. The third-order valence-corrected chi connectivity index (χ3v) is 2.81. The molecule has 1 saturated carbocycles. The van der Waals surface area contributed by atoms with Crippen LogP contribution in [0.4, 0.5) is 0 Å². The minimum absolute atomic E-state index is 0.0731. The molecule has 18 heavy (non-hydrogen) atoms. The molecule has 0 spiro atoms. The van der Waals surface area contributed by atoms with Crippen LogP contribution < -0.4 is 5.32 Å². The maximum Gasteiger partial charge on any atom is 0.341 e. The topological polar surface area (TPSA) is 73.2 Å². The molecule has 6 nitrogen and oxygen atoms in total. The number of hydrogen-bond acceptors (Lipinski definition) is 4. The van der Waals surface area contributed by atoms with E-state index in [4.69, 9.17) is 4.74 Å². The van der Waals surface area contributed by atoms with Crippen LogP contribution in [0.2, 0.25) is 0 Å². The van der Waals surface area contributed by atoms with E-state index in [2.05, 4.69) is 10.4 Å². The molecular weight excluding hydrogens is 234 g/mol. The van der Waals surface area contributed by atoms with Gasteiger partial charge in [0, 0.05) is 12.2 Å². The molecule has 1 amide bonds. The zero-order valence-electron chi connectivity index (χ0n) is 10.5. The summed E-state index contributed by atoms with van der Waals surface area (Å²) in [5, 5.41) is 6.92. The molecule has 0 aromatic carbocycles. The first kappa shape index (κ1) is 12.6. The lowest BCUT2D eigenvalue weighted by Crippen LogP contribution is -2.32. The number of ether oxygens (including phenoxy) is 1. The normalized spacial score (nSPS) is 16.1. The van der Waals surface area contributed by atoms with Crippen molar-refractivity contribution < 1.29 is 14.3 Å². The van der Waals surface area contributed by atoms with Crippen molar-refractivity contribution in [2.24, 2.45) is 0 Å². The van der Waals surface area contributed by atoms with E-state index in [0.29, 0.717) is 18.2 Å². The number of esters is 1. The van der Waals surface area contributed by atoms with Crippen LogP contribution in [0.5, 0.6) is 0 Å². The molecule has 1 unspecified atom stereocenters. The zero-order valence-corrected chi connectivity index (χ0v) is 10.5. The molecule has 1 N–H and O–H groups in total. The highest BCUT2D eigenvalue weighted by molar-refractivity contribution is 5.89. The van der Waals surface area contributed by atoms with E-state index in [-0.39, 0.29) is 5.91 Å². The third kappa shape index (κ3) is 2.88. The largest absolute Gasteiger partial charge is 0.462 e. The van der Waals surface area contributed by atoms with Gasteiger partial charge in [-0.15, -0.1) is 0 Å². The van der Waals surface area contributed by atoms with Gasteiger partial charge < -0.3 is 10.1 Å². The highest BCUT2D eigenvalue weighted by Crippen LogP contribution is 2.20. The van der Waals surface area contributed by atoms with E-state index in [1.54, 1.807) is 13.8 Å². The first-order valence-electron chi connectivity index (χ1n) is 6.13. The van der Waals surface area contributed by atoms with Crippen molar-refractivity contribution in [1.29, 1.82) is 0 Å². The van der Waals surface area contributed by atoms with Crippen LogP contribution in [0.3, 0.4) is 0 Å². The van der Waals surface area contributed by atoms with E-state index in [0.717, 1.165) is 12.8 Å². The maximum atomic E-state index is 11.8. The second kappa shape index (κ2) is 5.20. The molecule has 0 aliphatic heterocycles. The molecule has 1 fully saturated rings. The van der Waals surface area contributed by atoms with Crippen LogP contribution in [0.25, 0.3) is 0 Å². The van der Waals surface area contributed by atoms with Gasteiger partial charge in [0.1, 0.15) is 6.04 Å². The monoisotopic (exact) mass is 251 g/mol. The number of rotatable bonds is 5. The SMILES string of the molecule is CCOC(=O)c1cnn(C(C)C(=O)NC2CC2)c1. The van der Waals surface area contributed by atoms with Crippen LogP contribution in [0, 0.1) is 0 Å². The fourth-order valence-corrected chi connectivity index (χ4v) is 1.54. The number of nitrogens with one attached hydrogen (secondary N) is 1. The number of hydrogen-bond donors (Lipinski definition) is 1. The van der Waals surface area contributed by atoms with Crippen LogP contribution in [0.15, 0.2) is 12.4 Å². The van der Waals surface area contributed by atoms with Crippen molar-refractivity contribution in [3.63, 3.8) is 0 Å². The average Bonchev–Trinajstić information content (AvgIpc) is 3.02. The van der Waals surface area contributed by atoms with Crippen molar-refractivity contribution in [2.45, 2.75) is 38.8 Å². The molecule has 2 rings (SSSR count). The average molecular weight is 251 g/mol. The minimum Gasteiger partial charge on any atom is -0.462 e. The Labute approximate surface area is 105 Å². The van der Waals surface area contributed by atoms with Crippen LogP contribution in [0.1, 0.15) is 43.1 Å². The summed E-state index contributed by atoms with van der Waals surface area (Å²) in [5.74, 6) is -0.491. The summed E-state index contributed by atoms with van der Waals surface area (Å²) in [6.45, 7) is 3.81. The van der Waals surface area contributed by atoms with Gasteiger partial charge in [0.05, 0.1) is 18.4 Å². The quantitative estimate of drug-likeness (QED) is 0.789. The summed E-state index contributed by atoms with van der Waals surface area (Å²) < 4.78 is 6.34. The summed E-state index contributed by atoms with van der Waals surface area (Å²) in [6, 6.07) is -0.103. The van der Waals surface area contributed by atoms with Gasteiger partial charge in [0.15, 0.2) is 0 Å². The first-order chi connectivity index (χ1) is 8.61. The number of aromatic nitrogens is 2. The van der Waals surface area contributed by atoms with Gasteiger partial charge in [-0.2, -0.15) is 5.10 Å². The van der Waals surface area contributed by atoms with E-state index in [1.165, 1.54) is 17.1 Å². The van der Waals surface area contributed by atoms with Gasteiger partial charge in [0.25, 0.3) is 0 Å². The first-order valence-corrected chi connectivity index (χ1v) is 6.13. The molecule has 0 radical (unpaired) electrons. The second-order valence-electron chi connectivity index (χ2n) is 4.39. The Balaban J connectivity index is 1.99. The number of nitrogens with zero attached hydrogens (tertiary/aromatic N) is 2. The minimum atomic E-state index is -0.422. The standard InChI is InChI=1S/C12H17N3O3/c1-3-18-12(17)9-6-13-15(7-9)8(2)11(16)14-10-4-5-10/h6-8,10H,3-5H2,1-2H3,(H,14,16). The molecular formula is C12H17N3O3. The predicted octanol–water partition coefficient (Wildman–Crippen LogP) is 0.899. The van der Waals surface area contributed by atoms with Crippen molar-refractivity contribution in [2.75, 3.05) is 6.61 Å². The lowest BCUT2D eigenvalue weighted by atomic mass is 10.3. The van der Waals surface area contributed by atoms with Gasteiger partial charge in [0.2, 0.25) is 5.91 Å². The molecule has 1 atom stereocenters. The summed E-state index contributed by atoms with van der Waals surface area (Å²) >= 11 is 0. The molecule has 0 saturated heterocycles. The lowest BCUT2D eigenvalue weighted by molar-refractivity contribution is -0.124.